The number of hydrogen-bond donors (Lipinski definition) is 1. The third-order valence-electron chi connectivity index (χ3n) is 4.36. The van der Waals surface area contributed by atoms with Crippen LogP contribution in [0.1, 0.15) is 58.3 Å². The molecule has 0 aromatic carbocycles. The Bertz CT molecular complexity index is 385. The number of piperidine rings is 1. The van der Waals surface area contributed by atoms with E-state index in [1.165, 1.54) is 6.42 Å². The van der Waals surface area contributed by atoms with E-state index in [1.807, 2.05) is 0 Å². The molecular formula is C14H28N2O3S. The monoisotopic (exact) mass is 304 g/mol. The summed E-state index contributed by atoms with van der Waals surface area (Å²) in [6, 6.07) is 0.0743. The van der Waals surface area contributed by atoms with Crippen LogP contribution in [0.4, 0.5) is 0 Å². The minimum Gasteiger partial charge on any atom is -0.392 e. The van der Waals surface area contributed by atoms with Crippen molar-refractivity contribution >= 4 is 10.2 Å². The van der Waals surface area contributed by atoms with E-state index in [-0.39, 0.29) is 12.6 Å². The average molecular weight is 304 g/mol. The molecule has 118 valence electrons. The Hall–Kier alpha value is -0.170. The van der Waals surface area contributed by atoms with Crippen molar-refractivity contribution in [2.45, 2.75) is 70.4 Å². The van der Waals surface area contributed by atoms with Crippen LogP contribution >= 0.6 is 0 Å². The van der Waals surface area contributed by atoms with Gasteiger partial charge in [0.2, 0.25) is 0 Å². The van der Waals surface area contributed by atoms with E-state index in [0.29, 0.717) is 13.1 Å². The summed E-state index contributed by atoms with van der Waals surface area (Å²) in [5.41, 5.74) is 0. The third kappa shape index (κ3) is 3.93. The Morgan fingerprint density at radius 1 is 1.10 bits per heavy atom. The smallest absolute Gasteiger partial charge is 0.282 e. The van der Waals surface area contributed by atoms with Gasteiger partial charge in [-0.05, 0) is 32.6 Å². The van der Waals surface area contributed by atoms with E-state index in [2.05, 4.69) is 0 Å². The summed E-state index contributed by atoms with van der Waals surface area (Å²) < 4.78 is 28.9. The maximum Gasteiger partial charge on any atom is 0.282 e. The fourth-order valence-electron chi connectivity index (χ4n) is 3.31. The van der Waals surface area contributed by atoms with Crippen LogP contribution in [0.2, 0.25) is 0 Å². The number of hydrogen-bond acceptors (Lipinski definition) is 3. The van der Waals surface area contributed by atoms with Crippen molar-refractivity contribution in [1.29, 1.82) is 0 Å². The molecule has 2 rings (SSSR count). The van der Waals surface area contributed by atoms with E-state index < -0.39 is 16.3 Å². The second-order valence-electron chi connectivity index (χ2n) is 6.18. The summed E-state index contributed by atoms with van der Waals surface area (Å²) >= 11 is 0. The molecule has 1 atom stereocenters. The van der Waals surface area contributed by atoms with Crippen LogP contribution in [-0.2, 0) is 10.2 Å². The minimum absolute atomic E-state index is 0.0743. The first-order valence-electron chi connectivity index (χ1n) is 7.97. The molecule has 5 nitrogen and oxygen atoms in total. The number of aliphatic hydroxyl groups is 1. The van der Waals surface area contributed by atoms with Gasteiger partial charge in [0.15, 0.2) is 0 Å². The summed E-state index contributed by atoms with van der Waals surface area (Å²) in [5.74, 6) is 0. The van der Waals surface area contributed by atoms with E-state index in [4.69, 9.17) is 0 Å². The largest absolute Gasteiger partial charge is 0.392 e. The van der Waals surface area contributed by atoms with E-state index in [1.54, 1.807) is 15.5 Å². The first kappa shape index (κ1) is 16.2. The van der Waals surface area contributed by atoms with E-state index in [0.717, 1.165) is 44.9 Å². The second-order valence-corrected chi connectivity index (χ2v) is 8.06. The molecule has 1 unspecified atom stereocenters. The maximum absolute atomic E-state index is 12.9. The van der Waals surface area contributed by atoms with Crippen LogP contribution < -0.4 is 0 Å². The maximum atomic E-state index is 12.9. The molecule has 6 heteroatoms. The standard InChI is InChI=1S/C14H28N2O3S/c1-13(17)12-16(14-8-4-2-5-9-14)20(18,19)15-10-6-3-7-11-15/h13-14,17H,2-12H2,1H3. The highest BCUT2D eigenvalue weighted by atomic mass is 32.2. The zero-order valence-electron chi connectivity index (χ0n) is 12.5. The second kappa shape index (κ2) is 7.20. The molecule has 1 saturated carbocycles. The van der Waals surface area contributed by atoms with Gasteiger partial charge in [0, 0.05) is 25.7 Å². The van der Waals surface area contributed by atoms with Gasteiger partial charge in [0.25, 0.3) is 10.2 Å². The Morgan fingerprint density at radius 3 is 2.20 bits per heavy atom. The molecule has 0 spiro atoms. The number of aliphatic hydroxyl groups excluding tert-OH is 1. The third-order valence-corrected chi connectivity index (χ3v) is 6.42. The molecule has 20 heavy (non-hydrogen) atoms. The summed E-state index contributed by atoms with van der Waals surface area (Å²) in [7, 11) is -3.41. The first-order chi connectivity index (χ1) is 9.51. The molecule has 0 bridgehead atoms. The van der Waals surface area contributed by atoms with Crippen molar-refractivity contribution in [2.75, 3.05) is 19.6 Å². The SMILES string of the molecule is CC(O)CN(C1CCCCC1)S(=O)(=O)N1CCCCC1. The predicted molar refractivity (Wildman–Crippen MR) is 79.6 cm³/mol. The van der Waals surface area contributed by atoms with Gasteiger partial charge in [-0.3, -0.25) is 0 Å². The lowest BCUT2D eigenvalue weighted by Crippen LogP contribution is -2.52. The van der Waals surface area contributed by atoms with Crippen molar-refractivity contribution in [1.82, 2.24) is 8.61 Å². The van der Waals surface area contributed by atoms with E-state index in [9.17, 15) is 13.5 Å². The topological polar surface area (TPSA) is 60.9 Å². The molecule has 1 aliphatic heterocycles. The molecule has 1 heterocycles. The van der Waals surface area contributed by atoms with Crippen molar-refractivity contribution in [3.63, 3.8) is 0 Å². The van der Waals surface area contributed by atoms with Crippen LogP contribution in [0.25, 0.3) is 0 Å². The number of rotatable bonds is 5. The zero-order chi connectivity index (χ0) is 14.6. The zero-order valence-corrected chi connectivity index (χ0v) is 13.3. The van der Waals surface area contributed by atoms with Crippen LogP contribution in [0, 0.1) is 0 Å². The molecule has 2 fully saturated rings. The van der Waals surface area contributed by atoms with Gasteiger partial charge in [0.1, 0.15) is 0 Å². The first-order valence-corrected chi connectivity index (χ1v) is 9.36. The van der Waals surface area contributed by atoms with Crippen LogP contribution in [0.15, 0.2) is 0 Å². The Morgan fingerprint density at radius 2 is 1.65 bits per heavy atom. The van der Waals surface area contributed by atoms with Gasteiger partial charge in [0.05, 0.1) is 6.10 Å². The Kier molecular flexibility index (Phi) is 5.84. The molecule has 0 radical (unpaired) electrons. The lowest BCUT2D eigenvalue weighted by atomic mass is 9.95. The fourth-order valence-corrected chi connectivity index (χ4v) is 5.31. The lowest BCUT2D eigenvalue weighted by Gasteiger charge is -2.38. The van der Waals surface area contributed by atoms with Crippen molar-refractivity contribution in [3.05, 3.63) is 0 Å². The number of nitrogens with zero attached hydrogens (tertiary/aromatic N) is 2. The van der Waals surface area contributed by atoms with Gasteiger partial charge in [-0.1, -0.05) is 25.7 Å². The Labute approximate surface area is 123 Å². The lowest BCUT2D eigenvalue weighted by molar-refractivity contribution is 0.129. The molecule has 0 aromatic rings. The predicted octanol–water partition coefficient (Wildman–Crippen LogP) is 1.73. The molecule has 1 saturated heterocycles. The highest BCUT2D eigenvalue weighted by Gasteiger charge is 2.36. The van der Waals surface area contributed by atoms with Crippen molar-refractivity contribution < 1.29 is 13.5 Å². The molecule has 0 aromatic heterocycles. The Balaban J connectivity index is 2.14. The fraction of sp³-hybridized carbons (Fsp3) is 1.00. The quantitative estimate of drug-likeness (QED) is 0.841. The molecule has 0 amide bonds. The molecule has 2 aliphatic rings. The normalized spacial score (nSPS) is 24.9. The van der Waals surface area contributed by atoms with Crippen LogP contribution in [0.5, 0.6) is 0 Å². The molecular weight excluding hydrogens is 276 g/mol. The molecule has 1 aliphatic carbocycles. The van der Waals surface area contributed by atoms with Gasteiger partial charge in [-0.15, -0.1) is 0 Å². The molecule has 1 N–H and O–H groups in total. The van der Waals surface area contributed by atoms with Gasteiger partial charge < -0.3 is 5.11 Å². The highest BCUT2D eigenvalue weighted by Crippen LogP contribution is 2.27. The average Bonchev–Trinajstić information content (AvgIpc) is 2.46. The van der Waals surface area contributed by atoms with Crippen LogP contribution in [-0.4, -0.2) is 53.9 Å². The highest BCUT2D eigenvalue weighted by molar-refractivity contribution is 7.86. The van der Waals surface area contributed by atoms with E-state index >= 15 is 0 Å². The van der Waals surface area contributed by atoms with Gasteiger partial charge in [-0.2, -0.15) is 17.0 Å². The summed E-state index contributed by atoms with van der Waals surface area (Å²) in [6.45, 7) is 3.15. The van der Waals surface area contributed by atoms with Crippen molar-refractivity contribution in [3.8, 4) is 0 Å². The summed E-state index contributed by atoms with van der Waals surface area (Å²) in [4.78, 5) is 0. The summed E-state index contributed by atoms with van der Waals surface area (Å²) in [5, 5.41) is 9.69. The minimum atomic E-state index is -3.41. The summed E-state index contributed by atoms with van der Waals surface area (Å²) in [6.07, 6.45) is 7.65. The van der Waals surface area contributed by atoms with Crippen molar-refractivity contribution in [2.24, 2.45) is 0 Å². The van der Waals surface area contributed by atoms with Crippen LogP contribution in [0.3, 0.4) is 0 Å². The van der Waals surface area contributed by atoms with Gasteiger partial charge in [-0.25, -0.2) is 0 Å². The van der Waals surface area contributed by atoms with Gasteiger partial charge >= 0.3 is 0 Å².